The van der Waals surface area contributed by atoms with Gasteiger partial charge in [0.15, 0.2) is 0 Å². The molecule has 0 atom stereocenters. The summed E-state index contributed by atoms with van der Waals surface area (Å²) in [5.74, 6) is 0. The smallest absolute Gasteiger partial charge is 0.243 e. The van der Waals surface area contributed by atoms with Gasteiger partial charge in [-0.15, -0.1) is 0 Å². The minimum absolute atomic E-state index is 0.329. The Bertz CT molecular complexity index is 1320. The van der Waals surface area contributed by atoms with Crippen molar-refractivity contribution in [2.45, 2.75) is 11.3 Å². The number of fused-ring (bicyclic) bond motifs is 1. The van der Waals surface area contributed by atoms with Crippen LogP contribution in [-0.4, -0.2) is 35.8 Å². The maximum absolute atomic E-state index is 13.1. The van der Waals surface area contributed by atoms with Crippen LogP contribution >= 0.6 is 0 Å². The second kappa shape index (κ2) is 7.55. The molecule has 0 spiro atoms. The summed E-state index contributed by atoms with van der Waals surface area (Å²) in [5.41, 5.74) is 5.17. The first-order chi connectivity index (χ1) is 14.6. The number of nitrogens with zero attached hydrogens (tertiary/aromatic N) is 2. The highest BCUT2D eigenvalue weighted by molar-refractivity contribution is 7.89. The number of hydrogen-bond acceptors (Lipinski definition) is 3. The van der Waals surface area contributed by atoms with Gasteiger partial charge in [-0.05, 0) is 47.4 Å². The normalized spacial score (nSPS) is 15.3. The predicted molar refractivity (Wildman–Crippen MR) is 119 cm³/mol. The average molecular weight is 416 g/mol. The molecule has 150 valence electrons. The van der Waals surface area contributed by atoms with Gasteiger partial charge in [-0.2, -0.15) is 4.31 Å². The molecule has 5 rings (SSSR count). The second-order valence-corrected chi connectivity index (χ2v) is 9.27. The molecule has 3 heterocycles. The van der Waals surface area contributed by atoms with Crippen LogP contribution in [-0.2, 0) is 10.0 Å². The fourth-order valence-corrected chi connectivity index (χ4v) is 5.31. The number of benzene rings is 2. The summed E-state index contributed by atoms with van der Waals surface area (Å²) in [5, 5.41) is 1.07. The lowest BCUT2D eigenvalue weighted by atomic mass is 10.0. The van der Waals surface area contributed by atoms with Gasteiger partial charge < -0.3 is 4.98 Å². The Kier molecular flexibility index (Phi) is 4.73. The van der Waals surface area contributed by atoms with Crippen LogP contribution in [0.3, 0.4) is 0 Å². The van der Waals surface area contributed by atoms with Gasteiger partial charge in [0.25, 0.3) is 0 Å². The standard InChI is InChI=1S/C24H21N3O2S/c28-30(29,21-10-8-19(9-11-21)18-5-2-1-3-6-18)27-15-12-20(13-16-27)23-17-26-24-22(23)7-4-14-25-24/h1-12,14,17H,13,15-16H2,(H,25,26). The third-order valence-electron chi connectivity index (χ3n) is 5.57. The van der Waals surface area contributed by atoms with E-state index in [1.54, 1.807) is 22.6 Å². The third kappa shape index (κ3) is 3.34. The molecule has 0 amide bonds. The third-order valence-corrected chi connectivity index (χ3v) is 7.45. The first kappa shape index (κ1) is 18.8. The number of H-pyrrole nitrogens is 1. The highest BCUT2D eigenvalue weighted by atomic mass is 32.2. The molecule has 1 aliphatic rings. The topological polar surface area (TPSA) is 66.1 Å². The van der Waals surface area contributed by atoms with E-state index in [2.05, 4.69) is 9.97 Å². The molecule has 1 N–H and O–H groups in total. The molecular weight excluding hydrogens is 394 g/mol. The minimum Gasteiger partial charge on any atom is -0.346 e. The van der Waals surface area contributed by atoms with Crippen LogP contribution in [0.2, 0.25) is 0 Å². The highest BCUT2D eigenvalue weighted by Gasteiger charge is 2.27. The monoisotopic (exact) mass is 415 g/mol. The van der Waals surface area contributed by atoms with Crippen LogP contribution in [0.15, 0.2) is 90.1 Å². The van der Waals surface area contributed by atoms with E-state index >= 15 is 0 Å². The Hall–Kier alpha value is -3.22. The van der Waals surface area contributed by atoms with E-state index in [1.807, 2.05) is 66.9 Å². The Labute approximate surface area is 175 Å². The summed E-state index contributed by atoms with van der Waals surface area (Å²) >= 11 is 0. The number of sulfonamides is 1. The van der Waals surface area contributed by atoms with Gasteiger partial charge in [0.05, 0.1) is 4.90 Å². The minimum atomic E-state index is -3.53. The molecule has 30 heavy (non-hydrogen) atoms. The predicted octanol–water partition coefficient (Wildman–Crippen LogP) is 4.71. The van der Waals surface area contributed by atoms with E-state index in [1.165, 1.54) is 0 Å². The zero-order valence-electron chi connectivity index (χ0n) is 16.3. The molecule has 0 saturated heterocycles. The fraction of sp³-hybridized carbons (Fsp3) is 0.125. The summed E-state index contributed by atoms with van der Waals surface area (Å²) in [6.07, 6.45) is 6.39. The zero-order chi connectivity index (χ0) is 20.6. The number of hydrogen-bond donors (Lipinski definition) is 1. The molecule has 5 nitrogen and oxygen atoms in total. The zero-order valence-corrected chi connectivity index (χ0v) is 17.1. The maximum atomic E-state index is 13.1. The van der Waals surface area contributed by atoms with Crippen molar-refractivity contribution in [3.8, 4) is 11.1 Å². The van der Waals surface area contributed by atoms with Gasteiger partial charge in [-0.1, -0.05) is 48.5 Å². The van der Waals surface area contributed by atoms with Crippen LogP contribution in [0.5, 0.6) is 0 Å². The van der Waals surface area contributed by atoms with E-state index in [-0.39, 0.29) is 0 Å². The molecule has 0 saturated carbocycles. The van der Waals surface area contributed by atoms with Gasteiger partial charge in [0.1, 0.15) is 5.65 Å². The van der Waals surface area contributed by atoms with Gasteiger partial charge in [-0.3, -0.25) is 0 Å². The molecular formula is C24H21N3O2S. The summed E-state index contributed by atoms with van der Waals surface area (Å²) in [6.45, 7) is 0.826. The summed E-state index contributed by atoms with van der Waals surface area (Å²) in [6, 6.07) is 21.0. The average Bonchev–Trinajstić information content (AvgIpc) is 3.24. The molecule has 6 heteroatoms. The van der Waals surface area contributed by atoms with Crippen molar-refractivity contribution in [1.29, 1.82) is 0 Å². The molecule has 0 unspecified atom stereocenters. The number of nitrogens with one attached hydrogen (secondary N) is 1. The van der Waals surface area contributed by atoms with Gasteiger partial charge in [0, 0.05) is 36.4 Å². The van der Waals surface area contributed by atoms with Gasteiger partial charge >= 0.3 is 0 Å². The molecule has 0 aliphatic carbocycles. The van der Waals surface area contributed by atoms with E-state index in [0.717, 1.165) is 33.3 Å². The second-order valence-electron chi connectivity index (χ2n) is 7.33. The lowest BCUT2D eigenvalue weighted by Crippen LogP contribution is -2.34. The summed E-state index contributed by atoms with van der Waals surface area (Å²) in [4.78, 5) is 7.85. The lowest BCUT2D eigenvalue weighted by Gasteiger charge is -2.26. The van der Waals surface area contributed by atoms with Crippen molar-refractivity contribution in [1.82, 2.24) is 14.3 Å². The number of pyridine rings is 1. The van der Waals surface area contributed by atoms with Crippen molar-refractivity contribution < 1.29 is 8.42 Å². The number of aromatic amines is 1. The van der Waals surface area contributed by atoms with E-state index < -0.39 is 10.0 Å². The Morgan fingerprint density at radius 3 is 2.40 bits per heavy atom. The molecule has 0 bridgehead atoms. The Morgan fingerprint density at radius 2 is 1.67 bits per heavy atom. The summed E-state index contributed by atoms with van der Waals surface area (Å²) in [7, 11) is -3.53. The van der Waals surface area contributed by atoms with Crippen molar-refractivity contribution in [2.75, 3.05) is 13.1 Å². The van der Waals surface area contributed by atoms with Crippen LogP contribution in [0.4, 0.5) is 0 Å². The van der Waals surface area contributed by atoms with Crippen LogP contribution in [0.25, 0.3) is 27.7 Å². The molecule has 0 fully saturated rings. The van der Waals surface area contributed by atoms with E-state index in [4.69, 9.17) is 0 Å². The first-order valence-corrected chi connectivity index (χ1v) is 11.3. The first-order valence-electron chi connectivity index (χ1n) is 9.90. The number of rotatable bonds is 4. The SMILES string of the molecule is O=S(=O)(c1ccc(-c2ccccc2)cc1)N1CC=C(c2c[nH]c3ncccc23)CC1. The quantitative estimate of drug-likeness (QED) is 0.525. The van der Waals surface area contributed by atoms with Crippen molar-refractivity contribution >= 4 is 26.6 Å². The number of aromatic nitrogens is 2. The van der Waals surface area contributed by atoms with E-state index in [9.17, 15) is 8.42 Å². The summed E-state index contributed by atoms with van der Waals surface area (Å²) < 4.78 is 27.8. The largest absolute Gasteiger partial charge is 0.346 e. The van der Waals surface area contributed by atoms with E-state index in [0.29, 0.717) is 24.4 Å². The molecule has 2 aromatic carbocycles. The molecule has 1 aliphatic heterocycles. The van der Waals surface area contributed by atoms with Crippen LogP contribution < -0.4 is 0 Å². The Morgan fingerprint density at radius 1 is 0.900 bits per heavy atom. The molecule has 0 radical (unpaired) electrons. The van der Waals surface area contributed by atoms with Crippen LogP contribution in [0, 0.1) is 0 Å². The molecule has 4 aromatic rings. The Balaban J connectivity index is 1.37. The van der Waals surface area contributed by atoms with Crippen molar-refractivity contribution in [3.63, 3.8) is 0 Å². The van der Waals surface area contributed by atoms with Gasteiger partial charge in [0.2, 0.25) is 10.0 Å². The van der Waals surface area contributed by atoms with Crippen molar-refractivity contribution in [3.05, 3.63) is 90.8 Å². The van der Waals surface area contributed by atoms with Gasteiger partial charge in [-0.25, -0.2) is 13.4 Å². The maximum Gasteiger partial charge on any atom is 0.243 e. The molecule has 2 aromatic heterocycles. The van der Waals surface area contributed by atoms with Crippen LogP contribution in [0.1, 0.15) is 12.0 Å². The lowest BCUT2D eigenvalue weighted by molar-refractivity contribution is 0.441. The fourth-order valence-electron chi connectivity index (χ4n) is 3.93. The highest BCUT2D eigenvalue weighted by Crippen LogP contribution is 2.30. The van der Waals surface area contributed by atoms with Crippen molar-refractivity contribution in [2.24, 2.45) is 0 Å².